The van der Waals surface area contributed by atoms with E-state index in [0.29, 0.717) is 29.2 Å². The van der Waals surface area contributed by atoms with Crippen LogP contribution in [0.2, 0.25) is 5.02 Å². The van der Waals surface area contributed by atoms with E-state index in [4.69, 9.17) is 16.3 Å². The van der Waals surface area contributed by atoms with E-state index < -0.39 is 18.5 Å². The van der Waals surface area contributed by atoms with Gasteiger partial charge in [0.05, 0.1) is 5.56 Å². The van der Waals surface area contributed by atoms with Crippen LogP contribution in [0.15, 0.2) is 48.5 Å². The van der Waals surface area contributed by atoms with Gasteiger partial charge in [-0.15, -0.1) is 0 Å². The number of anilines is 2. The first-order valence-corrected chi connectivity index (χ1v) is 8.54. The molecule has 0 bridgehead atoms. The summed E-state index contributed by atoms with van der Waals surface area (Å²) in [5.74, 6) is -0.963. The number of hydrogen-bond donors (Lipinski definition) is 1. The molecular formula is C19H17ClN2O4. The van der Waals surface area contributed by atoms with Crippen LogP contribution in [0.1, 0.15) is 23.2 Å². The molecule has 3 rings (SSSR count). The number of nitrogens with zero attached hydrogens (tertiary/aromatic N) is 1. The average molecular weight is 373 g/mol. The average Bonchev–Trinajstić information content (AvgIpc) is 3.08. The van der Waals surface area contributed by atoms with Crippen LogP contribution < -0.4 is 10.2 Å². The highest BCUT2D eigenvalue weighted by molar-refractivity contribution is 6.30. The van der Waals surface area contributed by atoms with Crippen molar-refractivity contribution in [3.05, 3.63) is 59.1 Å². The molecule has 2 aromatic carbocycles. The van der Waals surface area contributed by atoms with Crippen molar-refractivity contribution in [2.45, 2.75) is 12.8 Å². The summed E-state index contributed by atoms with van der Waals surface area (Å²) in [4.78, 5) is 37.3. The van der Waals surface area contributed by atoms with E-state index in [1.54, 1.807) is 53.4 Å². The SMILES string of the molecule is O=C(COC(=O)c1ccc(N2CCCC2=O)cc1)Nc1ccc(Cl)cc1. The number of esters is 1. The minimum absolute atomic E-state index is 0.0826. The first-order valence-electron chi connectivity index (χ1n) is 8.16. The molecule has 1 N–H and O–H groups in total. The van der Waals surface area contributed by atoms with Gasteiger partial charge in [-0.05, 0) is 55.0 Å². The van der Waals surface area contributed by atoms with Crippen molar-refractivity contribution in [2.24, 2.45) is 0 Å². The largest absolute Gasteiger partial charge is 0.452 e. The third-order valence-electron chi connectivity index (χ3n) is 3.95. The van der Waals surface area contributed by atoms with Crippen molar-refractivity contribution in [1.82, 2.24) is 0 Å². The molecule has 7 heteroatoms. The van der Waals surface area contributed by atoms with Gasteiger partial charge in [0.1, 0.15) is 0 Å². The summed E-state index contributed by atoms with van der Waals surface area (Å²) in [6, 6.07) is 13.2. The molecule has 1 heterocycles. The lowest BCUT2D eigenvalue weighted by Gasteiger charge is -2.15. The van der Waals surface area contributed by atoms with Gasteiger partial charge in [-0.25, -0.2) is 4.79 Å². The van der Waals surface area contributed by atoms with Crippen molar-refractivity contribution in [1.29, 1.82) is 0 Å². The third-order valence-corrected chi connectivity index (χ3v) is 4.20. The topological polar surface area (TPSA) is 75.7 Å². The zero-order valence-corrected chi connectivity index (χ0v) is 14.7. The Morgan fingerprint density at radius 2 is 1.77 bits per heavy atom. The van der Waals surface area contributed by atoms with Crippen LogP contribution in [0.3, 0.4) is 0 Å². The summed E-state index contributed by atoms with van der Waals surface area (Å²) in [6.45, 7) is 0.293. The highest BCUT2D eigenvalue weighted by Gasteiger charge is 2.21. The normalized spacial score (nSPS) is 13.6. The third kappa shape index (κ3) is 4.40. The van der Waals surface area contributed by atoms with Gasteiger partial charge in [-0.2, -0.15) is 0 Å². The highest BCUT2D eigenvalue weighted by Crippen LogP contribution is 2.21. The van der Waals surface area contributed by atoms with Crippen LogP contribution >= 0.6 is 11.6 Å². The molecule has 0 radical (unpaired) electrons. The second-order valence-electron chi connectivity index (χ2n) is 5.83. The van der Waals surface area contributed by atoms with Crippen molar-refractivity contribution in [3.8, 4) is 0 Å². The molecule has 0 aromatic heterocycles. The molecular weight excluding hydrogens is 356 g/mol. The fraction of sp³-hybridized carbons (Fsp3) is 0.211. The Balaban J connectivity index is 1.52. The smallest absolute Gasteiger partial charge is 0.338 e. The first-order chi connectivity index (χ1) is 12.5. The van der Waals surface area contributed by atoms with Crippen LogP contribution in [-0.2, 0) is 14.3 Å². The van der Waals surface area contributed by atoms with Crippen molar-refractivity contribution in [3.63, 3.8) is 0 Å². The lowest BCUT2D eigenvalue weighted by molar-refractivity contribution is -0.119. The van der Waals surface area contributed by atoms with Crippen LogP contribution in [0, 0.1) is 0 Å². The Kier molecular flexibility index (Phi) is 5.53. The molecule has 134 valence electrons. The van der Waals surface area contributed by atoms with E-state index in [1.807, 2.05) is 0 Å². The van der Waals surface area contributed by atoms with Crippen molar-refractivity contribution in [2.75, 3.05) is 23.4 Å². The number of ether oxygens (including phenoxy) is 1. The van der Waals surface area contributed by atoms with E-state index in [-0.39, 0.29) is 5.91 Å². The van der Waals surface area contributed by atoms with E-state index in [9.17, 15) is 14.4 Å². The molecule has 6 nitrogen and oxygen atoms in total. The molecule has 26 heavy (non-hydrogen) atoms. The van der Waals surface area contributed by atoms with E-state index in [2.05, 4.69) is 5.32 Å². The monoisotopic (exact) mass is 372 g/mol. The second-order valence-corrected chi connectivity index (χ2v) is 6.26. The van der Waals surface area contributed by atoms with E-state index >= 15 is 0 Å². The van der Waals surface area contributed by atoms with E-state index in [0.717, 1.165) is 12.1 Å². The number of halogens is 1. The van der Waals surface area contributed by atoms with Gasteiger partial charge in [-0.3, -0.25) is 9.59 Å². The maximum atomic E-state index is 12.0. The number of rotatable bonds is 5. The van der Waals surface area contributed by atoms with Gasteiger partial charge in [0, 0.05) is 29.4 Å². The Morgan fingerprint density at radius 3 is 2.38 bits per heavy atom. The summed E-state index contributed by atoms with van der Waals surface area (Å²) < 4.78 is 5.01. The summed E-state index contributed by atoms with van der Waals surface area (Å²) in [6.07, 6.45) is 1.39. The maximum absolute atomic E-state index is 12.0. The molecule has 2 aromatic rings. The quantitative estimate of drug-likeness (QED) is 0.817. The number of nitrogens with one attached hydrogen (secondary N) is 1. The lowest BCUT2D eigenvalue weighted by Crippen LogP contribution is -2.23. The van der Waals surface area contributed by atoms with E-state index in [1.165, 1.54) is 0 Å². The summed E-state index contributed by atoms with van der Waals surface area (Å²) in [5, 5.41) is 3.17. The van der Waals surface area contributed by atoms with Crippen molar-refractivity contribution >= 4 is 40.8 Å². The zero-order chi connectivity index (χ0) is 18.5. The number of benzene rings is 2. The Morgan fingerprint density at radius 1 is 1.08 bits per heavy atom. The number of carbonyl (C=O) groups is 3. The van der Waals surface area contributed by atoms with Gasteiger partial charge in [0.2, 0.25) is 5.91 Å². The summed E-state index contributed by atoms with van der Waals surface area (Å²) in [7, 11) is 0. The minimum Gasteiger partial charge on any atom is -0.452 e. The molecule has 0 unspecified atom stereocenters. The van der Waals surface area contributed by atoms with Gasteiger partial charge >= 0.3 is 5.97 Å². The van der Waals surface area contributed by atoms with Crippen LogP contribution in [-0.4, -0.2) is 30.9 Å². The fourth-order valence-electron chi connectivity index (χ4n) is 2.64. The minimum atomic E-state index is -0.601. The predicted molar refractivity (Wildman–Crippen MR) is 98.4 cm³/mol. The molecule has 1 saturated heterocycles. The van der Waals surface area contributed by atoms with Crippen molar-refractivity contribution < 1.29 is 19.1 Å². The molecule has 1 aliphatic rings. The van der Waals surface area contributed by atoms with Gasteiger partial charge < -0.3 is 15.0 Å². The number of hydrogen-bond acceptors (Lipinski definition) is 4. The molecule has 0 aliphatic carbocycles. The van der Waals surface area contributed by atoms with Gasteiger partial charge in [0.15, 0.2) is 6.61 Å². The maximum Gasteiger partial charge on any atom is 0.338 e. The summed E-state index contributed by atoms with van der Waals surface area (Å²) >= 11 is 5.78. The zero-order valence-electron chi connectivity index (χ0n) is 13.9. The molecule has 1 fully saturated rings. The molecule has 0 atom stereocenters. The molecule has 0 saturated carbocycles. The molecule has 0 spiro atoms. The Bertz CT molecular complexity index is 818. The molecule has 1 aliphatic heterocycles. The predicted octanol–water partition coefficient (Wildman–Crippen LogP) is 3.26. The second kappa shape index (κ2) is 8.01. The van der Waals surface area contributed by atoms with Crippen LogP contribution in [0.25, 0.3) is 0 Å². The number of carbonyl (C=O) groups excluding carboxylic acids is 3. The Labute approximate surface area is 155 Å². The summed E-state index contributed by atoms with van der Waals surface area (Å²) in [5.41, 5.74) is 1.64. The molecule has 2 amide bonds. The van der Waals surface area contributed by atoms with Gasteiger partial charge in [0.25, 0.3) is 5.91 Å². The fourth-order valence-corrected chi connectivity index (χ4v) is 2.77. The lowest BCUT2D eigenvalue weighted by atomic mass is 10.2. The Hall–Kier alpha value is -2.86. The van der Waals surface area contributed by atoms with Crippen LogP contribution in [0.4, 0.5) is 11.4 Å². The standard InChI is InChI=1S/C19H17ClN2O4/c20-14-5-7-15(8-6-14)21-17(23)12-26-19(25)13-3-9-16(10-4-13)22-11-1-2-18(22)24/h3-10H,1-2,11-12H2,(H,21,23). The highest BCUT2D eigenvalue weighted by atomic mass is 35.5. The first kappa shape index (κ1) is 17.9. The van der Waals surface area contributed by atoms with Crippen LogP contribution in [0.5, 0.6) is 0 Å². The number of amides is 2. The van der Waals surface area contributed by atoms with Gasteiger partial charge in [-0.1, -0.05) is 11.6 Å².